The van der Waals surface area contributed by atoms with E-state index in [1.807, 2.05) is 42.8 Å². The van der Waals surface area contributed by atoms with Crippen LogP contribution in [0.2, 0.25) is 5.02 Å². The zero-order valence-electron chi connectivity index (χ0n) is 16.0. The molecule has 0 bridgehead atoms. The van der Waals surface area contributed by atoms with Gasteiger partial charge < -0.3 is 19.4 Å². The summed E-state index contributed by atoms with van der Waals surface area (Å²) in [5.41, 5.74) is 2.67. The van der Waals surface area contributed by atoms with Gasteiger partial charge in [0.05, 0.1) is 36.3 Å². The lowest BCUT2D eigenvalue weighted by Gasteiger charge is -2.11. The number of aromatic nitrogens is 2. The average molecular weight is 400 g/mol. The molecule has 0 aliphatic heterocycles. The molecule has 0 saturated carbocycles. The number of para-hydroxylation sites is 2. The van der Waals surface area contributed by atoms with Crippen LogP contribution in [0.25, 0.3) is 17.1 Å². The van der Waals surface area contributed by atoms with Gasteiger partial charge in [-0.05, 0) is 42.8 Å². The van der Waals surface area contributed by atoms with Crippen molar-refractivity contribution in [3.05, 3.63) is 58.9 Å². The molecule has 146 valence electrons. The Bertz CT molecular complexity index is 1030. The molecule has 0 fully saturated rings. The maximum atomic E-state index is 12.2. The molecule has 0 saturated heterocycles. The molecule has 1 amide bonds. The summed E-state index contributed by atoms with van der Waals surface area (Å²) >= 11 is 6.25. The van der Waals surface area contributed by atoms with Crippen molar-refractivity contribution in [3.8, 4) is 11.5 Å². The summed E-state index contributed by atoms with van der Waals surface area (Å²) in [6.45, 7) is 2.69. The summed E-state index contributed by atoms with van der Waals surface area (Å²) in [6.07, 6.45) is 3.13. The standard InChI is InChI=1S/C21H22ClN3O3/c1-4-28-21-15(22)11-14(12-18(21)27-3)9-10-20(26)23-13-19-24-16-7-5-6-8-17(16)25(19)2/h5-12H,4,13H2,1-3H3,(H,23,26)/b10-9+. The molecule has 2 aromatic carbocycles. The number of halogens is 1. The first-order valence-electron chi connectivity index (χ1n) is 8.90. The van der Waals surface area contributed by atoms with Gasteiger partial charge >= 0.3 is 0 Å². The van der Waals surface area contributed by atoms with Crippen LogP contribution in [0, 0.1) is 0 Å². The van der Waals surface area contributed by atoms with Crippen molar-refractivity contribution < 1.29 is 14.3 Å². The van der Waals surface area contributed by atoms with E-state index in [9.17, 15) is 4.79 Å². The van der Waals surface area contributed by atoms with Gasteiger partial charge in [-0.2, -0.15) is 0 Å². The van der Waals surface area contributed by atoms with Gasteiger partial charge in [0.1, 0.15) is 5.82 Å². The van der Waals surface area contributed by atoms with Crippen LogP contribution in [0.1, 0.15) is 18.3 Å². The topological polar surface area (TPSA) is 65.4 Å². The number of carbonyl (C=O) groups excluding carboxylic acids is 1. The van der Waals surface area contributed by atoms with Crippen molar-refractivity contribution in [1.82, 2.24) is 14.9 Å². The number of amides is 1. The van der Waals surface area contributed by atoms with Crippen LogP contribution in [0.4, 0.5) is 0 Å². The van der Waals surface area contributed by atoms with Crippen LogP contribution in [-0.2, 0) is 18.4 Å². The molecular formula is C21H22ClN3O3. The second kappa shape index (κ2) is 8.80. The molecule has 1 aromatic heterocycles. The van der Waals surface area contributed by atoms with Gasteiger partial charge in [-0.25, -0.2) is 4.98 Å². The second-order valence-corrected chi connectivity index (χ2v) is 6.50. The van der Waals surface area contributed by atoms with Crippen molar-refractivity contribution in [3.63, 3.8) is 0 Å². The zero-order valence-corrected chi connectivity index (χ0v) is 16.8. The first-order valence-corrected chi connectivity index (χ1v) is 9.27. The van der Waals surface area contributed by atoms with Crippen LogP contribution in [0.3, 0.4) is 0 Å². The maximum absolute atomic E-state index is 12.2. The molecule has 1 heterocycles. The van der Waals surface area contributed by atoms with E-state index in [2.05, 4.69) is 10.3 Å². The third kappa shape index (κ3) is 4.28. The van der Waals surface area contributed by atoms with Gasteiger partial charge in [0.15, 0.2) is 11.5 Å². The lowest BCUT2D eigenvalue weighted by Crippen LogP contribution is -2.22. The predicted octanol–water partition coefficient (Wildman–Crippen LogP) is 3.96. The fourth-order valence-corrected chi connectivity index (χ4v) is 3.14. The van der Waals surface area contributed by atoms with Gasteiger partial charge in [-0.15, -0.1) is 0 Å². The first kappa shape index (κ1) is 19.8. The van der Waals surface area contributed by atoms with Gasteiger partial charge in [-0.3, -0.25) is 4.79 Å². The molecule has 0 aliphatic carbocycles. The Kier molecular flexibility index (Phi) is 6.21. The Hall–Kier alpha value is -2.99. The highest BCUT2D eigenvalue weighted by atomic mass is 35.5. The number of hydrogen-bond donors (Lipinski definition) is 1. The van der Waals surface area contributed by atoms with Crippen molar-refractivity contribution in [2.75, 3.05) is 13.7 Å². The molecule has 6 nitrogen and oxygen atoms in total. The highest BCUT2D eigenvalue weighted by molar-refractivity contribution is 6.32. The smallest absolute Gasteiger partial charge is 0.244 e. The minimum atomic E-state index is -0.226. The molecule has 28 heavy (non-hydrogen) atoms. The molecule has 0 unspecified atom stereocenters. The van der Waals surface area contributed by atoms with E-state index in [-0.39, 0.29) is 5.91 Å². The highest BCUT2D eigenvalue weighted by Gasteiger charge is 2.11. The maximum Gasteiger partial charge on any atom is 0.244 e. The van der Waals surface area contributed by atoms with Gasteiger partial charge in [0, 0.05) is 13.1 Å². The van der Waals surface area contributed by atoms with E-state index in [0.717, 1.165) is 22.4 Å². The van der Waals surface area contributed by atoms with E-state index in [4.69, 9.17) is 21.1 Å². The van der Waals surface area contributed by atoms with Gasteiger partial charge in [-0.1, -0.05) is 23.7 Å². The SMILES string of the molecule is CCOc1c(Cl)cc(/C=C/C(=O)NCc2nc3ccccc3n2C)cc1OC. The fourth-order valence-electron chi connectivity index (χ4n) is 2.87. The summed E-state index contributed by atoms with van der Waals surface area (Å²) in [4.78, 5) is 16.7. The monoisotopic (exact) mass is 399 g/mol. The summed E-state index contributed by atoms with van der Waals surface area (Å²) in [5, 5.41) is 3.28. The van der Waals surface area contributed by atoms with E-state index < -0.39 is 0 Å². The Morgan fingerprint density at radius 2 is 2.11 bits per heavy atom. The quantitative estimate of drug-likeness (QED) is 0.610. The third-order valence-electron chi connectivity index (χ3n) is 4.27. The number of carbonyl (C=O) groups is 1. The van der Waals surface area contributed by atoms with Gasteiger partial charge in [0.25, 0.3) is 0 Å². The molecule has 1 N–H and O–H groups in total. The van der Waals surface area contributed by atoms with Crippen LogP contribution >= 0.6 is 11.6 Å². The number of methoxy groups -OCH3 is 1. The van der Waals surface area contributed by atoms with E-state index in [1.165, 1.54) is 6.08 Å². The second-order valence-electron chi connectivity index (χ2n) is 6.09. The molecule has 3 aromatic rings. The summed E-state index contributed by atoms with van der Waals surface area (Å²) in [5.74, 6) is 1.58. The molecule has 3 rings (SSSR count). The molecule has 0 spiro atoms. The first-order chi connectivity index (χ1) is 13.5. The molecular weight excluding hydrogens is 378 g/mol. The van der Waals surface area contributed by atoms with E-state index in [0.29, 0.717) is 29.7 Å². The molecule has 0 atom stereocenters. The number of rotatable bonds is 7. The summed E-state index contributed by atoms with van der Waals surface area (Å²) < 4.78 is 12.8. The molecule has 0 aliphatic rings. The number of hydrogen-bond acceptors (Lipinski definition) is 4. The number of fused-ring (bicyclic) bond motifs is 1. The minimum absolute atomic E-state index is 0.226. The lowest BCUT2D eigenvalue weighted by molar-refractivity contribution is -0.116. The van der Waals surface area contributed by atoms with Gasteiger partial charge in [0.2, 0.25) is 5.91 Å². The lowest BCUT2D eigenvalue weighted by atomic mass is 10.2. The number of aryl methyl sites for hydroxylation is 1. The predicted molar refractivity (Wildman–Crippen MR) is 111 cm³/mol. The summed E-state index contributed by atoms with van der Waals surface area (Å²) in [7, 11) is 3.48. The largest absolute Gasteiger partial charge is 0.493 e. The average Bonchev–Trinajstić information content (AvgIpc) is 3.02. The van der Waals surface area contributed by atoms with Crippen LogP contribution < -0.4 is 14.8 Å². The van der Waals surface area contributed by atoms with Crippen LogP contribution in [-0.4, -0.2) is 29.2 Å². The van der Waals surface area contributed by atoms with E-state index in [1.54, 1.807) is 25.3 Å². The number of nitrogens with one attached hydrogen (secondary N) is 1. The van der Waals surface area contributed by atoms with Crippen LogP contribution in [0.15, 0.2) is 42.5 Å². The highest BCUT2D eigenvalue weighted by Crippen LogP contribution is 2.36. The Labute approximate surface area is 168 Å². The van der Waals surface area contributed by atoms with Crippen molar-refractivity contribution in [2.45, 2.75) is 13.5 Å². The minimum Gasteiger partial charge on any atom is -0.493 e. The normalized spacial score (nSPS) is 11.1. The molecule has 0 radical (unpaired) electrons. The Morgan fingerprint density at radius 3 is 2.82 bits per heavy atom. The van der Waals surface area contributed by atoms with Crippen molar-refractivity contribution in [1.29, 1.82) is 0 Å². The van der Waals surface area contributed by atoms with Crippen molar-refractivity contribution >= 4 is 34.6 Å². The van der Waals surface area contributed by atoms with Crippen LogP contribution in [0.5, 0.6) is 11.5 Å². The number of imidazole rings is 1. The Balaban J connectivity index is 1.68. The van der Waals surface area contributed by atoms with Crippen molar-refractivity contribution in [2.24, 2.45) is 7.05 Å². The number of ether oxygens (including phenoxy) is 2. The molecule has 7 heteroatoms. The number of nitrogens with zero attached hydrogens (tertiary/aromatic N) is 2. The summed E-state index contributed by atoms with van der Waals surface area (Å²) in [6, 6.07) is 11.3. The third-order valence-corrected chi connectivity index (χ3v) is 4.55. The Morgan fingerprint density at radius 1 is 1.32 bits per heavy atom. The number of benzene rings is 2. The van der Waals surface area contributed by atoms with E-state index >= 15 is 0 Å². The fraction of sp³-hybridized carbons (Fsp3) is 0.238. The zero-order chi connectivity index (χ0) is 20.1.